The number of nitrogens with zero attached hydrogens (tertiary/aromatic N) is 1. The lowest BCUT2D eigenvalue weighted by Crippen LogP contribution is -2.12. The molecule has 1 N–H and O–H groups in total. The zero-order valence-electron chi connectivity index (χ0n) is 10.6. The first-order valence-electron chi connectivity index (χ1n) is 6.21. The number of aromatic nitrogens is 1. The second-order valence-electron chi connectivity index (χ2n) is 4.02. The van der Waals surface area contributed by atoms with E-state index in [1.54, 1.807) is 11.8 Å². The van der Waals surface area contributed by atoms with Gasteiger partial charge in [0.25, 0.3) is 0 Å². The van der Waals surface area contributed by atoms with Crippen molar-refractivity contribution in [2.24, 2.45) is 0 Å². The molecule has 2 nitrogen and oxygen atoms in total. The molecule has 94 valence electrons. The summed E-state index contributed by atoms with van der Waals surface area (Å²) in [6, 6.07) is 14.6. The van der Waals surface area contributed by atoms with E-state index in [2.05, 4.69) is 47.6 Å². The first-order valence-corrected chi connectivity index (χ1v) is 7.20. The maximum Gasteiger partial charge on any atom is 0.101 e. The van der Waals surface area contributed by atoms with Gasteiger partial charge < -0.3 is 5.32 Å². The molecule has 2 aromatic rings. The fourth-order valence-electron chi connectivity index (χ4n) is 1.67. The van der Waals surface area contributed by atoms with Gasteiger partial charge in [-0.1, -0.05) is 43.3 Å². The number of hydrogen-bond acceptors (Lipinski definition) is 3. The van der Waals surface area contributed by atoms with Crippen LogP contribution in [0.2, 0.25) is 0 Å². The average Bonchev–Trinajstić information content (AvgIpc) is 2.45. The van der Waals surface area contributed by atoms with E-state index in [1.807, 2.05) is 18.3 Å². The van der Waals surface area contributed by atoms with Crippen molar-refractivity contribution >= 4 is 11.8 Å². The Morgan fingerprint density at radius 2 is 1.94 bits per heavy atom. The Kier molecular flexibility index (Phi) is 5.24. The molecule has 0 saturated carbocycles. The van der Waals surface area contributed by atoms with Crippen LogP contribution in [0.1, 0.15) is 18.1 Å². The molecule has 0 radical (unpaired) electrons. The minimum atomic E-state index is 0.890. The van der Waals surface area contributed by atoms with Crippen molar-refractivity contribution in [2.75, 3.05) is 6.54 Å². The summed E-state index contributed by atoms with van der Waals surface area (Å²) in [5.41, 5.74) is 2.61. The molecule has 0 spiro atoms. The fourth-order valence-corrected chi connectivity index (χ4v) is 2.63. The van der Waals surface area contributed by atoms with Crippen LogP contribution in [-0.2, 0) is 12.3 Å². The van der Waals surface area contributed by atoms with Crippen LogP contribution in [0.4, 0.5) is 0 Å². The highest BCUT2D eigenvalue weighted by Crippen LogP contribution is 2.23. The first-order chi connectivity index (χ1) is 8.90. The van der Waals surface area contributed by atoms with Crippen molar-refractivity contribution in [1.29, 1.82) is 0 Å². The average molecular weight is 258 g/mol. The van der Waals surface area contributed by atoms with Crippen LogP contribution in [0.5, 0.6) is 0 Å². The molecule has 3 heteroatoms. The second kappa shape index (κ2) is 7.19. The molecular formula is C15H18N2S. The maximum absolute atomic E-state index is 4.47. The monoisotopic (exact) mass is 258 g/mol. The van der Waals surface area contributed by atoms with E-state index in [9.17, 15) is 0 Å². The minimum Gasteiger partial charge on any atom is -0.313 e. The fraction of sp³-hybridized carbons (Fsp3) is 0.267. The molecule has 18 heavy (non-hydrogen) atoms. The Hall–Kier alpha value is -1.32. The third-order valence-corrected chi connectivity index (χ3v) is 3.75. The van der Waals surface area contributed by atoms with Gasteiger partial charge in [0.05, 0.1) is 0 Å². The molecule has 1 heterocycles. The van der Waals surface area contributed by atoms with E-state index in [4.69, 9.17) is 0 Å². The second-order valence-corrected chi connectivity index (χ2v) is 4.99. The van der Waals surface area contributed by atoms with Crippen molar-refractivity contribution in [2.45, 2.75) is 24.2 Å². The molecule has 1 aromatic carbocycles. The standard InChI is InChI=1S/C15H18N2S/c1-2-16-11-14-9-6-10-17-15(14)18-12-13-7-4-3-5-8-13/h3-10,16H,2,11-12H2,1H3. The van der Waals surface area contributed by atoms with Gasteiger partial charge in [-0.3, -0.25) is 0 Å². The molecule has 0 unspecified atom stereocenters. The Morgan fingerprint density at radius 3 is 2.72 bits per heavy atom. The minimum absolute atomic E-state index is 0.890. The van der Waals surface area contributed by atoms with Gasteiger partial charge in [0.2, 0.25) is 0 Å². The summed E-state index contributed by atoms with van der Waals surface area (Å²) in [5, 5.41) is 4.48. The number of pyridine rings is 1. The predicted octanol–water partition coefficient (Wildman–Crippen LogP) is 3.48. The molecule has 0 amide bonds. The van der Waals surface area contributed by atoms with Crippen LogP contribution in [0.3, 0.4) is 0 Å². The Balaban J connectivity index is 2.00. The van der Waals surface area contributed by atoms with Crippen LogP contribution >= 0.6 is 11.8 Å². The molecule has 0 bridgehead atoms. The normalized spacial score (nSPS) is 10.5. The summed E-state index contributed by atoms with van der Waals surface area (Å²) in [6.07, 6.45) is 1.86. The lowest BCUT2D eigenvalue weighted by molar-refractivity contribution is 0.711. The van der Waals surface area contributed by atoms with Gasteiger partial charge in [-0.15, -0.1) is 11.8 Å². The maximum atomic E-state index is 4.47. The van der Waals surface area contributed by atoms with Crippen molar-refractivity contribution in [3.63, 3.8) is 0 Å². The van der Waals surface area contributed by atoms with Crippen LogP contribution in [0.15, 0.2) is 53.7 Å². The molecule has 2 rings (SSSR count). The highest BCUT2D eigenvalue weighted by atomic mass is 32.2. The topological polar surface area (TPSA) is 24.9 Å². The van der Waals surface area contributed by atoms with E-state index in [1.165, 1.54) is 11.1 Å². The SMILES string of the molecule is CCNCc1cccnc1SCc1ccccc1. The van der Waals surface area contributed by atoms with Crippen LogP contribution in [0, 0.1) is 0 Å². The van der Waals surface area contributed by atoms with Gasteiger partial charge in [-0.2, -0.15) is 0 Å². The van der Waals surface area contributed by atoms with E-state index < -0.39 is 0 Å². The van der Waals surface area contributed by atoms with E-state index >= 15 is 0 Å². The summed E-state index contributed by atoms with van der Waals surface area (Å²) in [4.78, 5) is 4.47. The number of hydrogen-bond donors (Lipinski definition) is 1. The number of rotatable bonds is 6. The molecule has 0 aliphatic heterocycles. The van der Waals surface area contributed by atoms with Gasteiger partial charge in [0.15, 0.2) is 0 Å². The molecule has 0 saturated heterocycles. The van der Waals surface area contributed by atoms with Crippen molar-refractivity contribution in [3.8, 4) is 0 Å². The molecule has 1 aromatic heterocycles. The third kappa shape index (κ3) is 3.86. The van der Waals surface area contributed by atoms with Gasteiger partial charge in [-0.25, -0.2) is 4.98 Å². The van der Waals surface area contributed by atoms with Gasteiger partial charge in [0, 0.05) is 18.5 Å². The van der Waals surface area contributed by atoms with Crippen LogP contribution in [-0.4, -0.2) is 11.5 Å². The van der Waals surface area contributed by atoms with E-state index in [0.29, 0.717) is 0 Å². The molecule has 0 aliphatic rings. The van der Waals surface area contributed by atoms with Gasteiger partial charge >= 0.3 is 0 Å². The lowest BCUT2D eigenvalue weighted by Gasteiger charge is -2.08. The highest BCUT2D eigenvalue weighted by molar-refractivity contribution is 7.98. The lowest BCUT2D eigenvalue weighted by atomic mass is 10.2. The summed E-state index contributed by atoms with van der Waals surface area (Å²) in [6.45, 7) is 3.99. The number of benzene rings is 1. The molecule has 0 fully saturated rings. The first kappa shape index (κ1) is 13.1. The largest absolute Gasteiger partial charge is 0.313 e. The highest BCUT2D eigenvalue weighted by Gasteiger charge is 2.03. The third-order valence-electron chi connectivity index (χ3n) is 2.63. The van der Waals surface area contributed by atoms with Crippen LogP contribution < -0.4 is 5.32 Å². The Morgan fingerprint density at radius 1 is 1.11 bits per heavy atom. The zero-order valence-corrected chi connectivity index (χ0v) is 11.4. The summed E-state index contributed by atoms with van der Waals surface area (Å²) in [7, 11) is 0. The van der Waals surface area contributed by atoms with Crippen molar-refractivity contribution in [3.05, 3.63) is 59.8 Å². The smallest absolute Gasteiger partial charge is 0.101 e. The van der Waals surface area contributed by atoms with Gasteiger partial charge in [0.1, 0.15) is 5.03 Å². The summed E-state index contributed by atoms with van der Waals surface area (Å²) in [5.74, 6) is 0.969. The predicted molar refractivity (Wildman–Crippen MR) is 77.6 cm³/mol. The van der Waals surface area contributed by atoms with Crippen molar-refractivity contribution < 1.29 is 0 Å². The summed E-state index contributed by atoms with van der Waals surface area (Å²) < 4.78 is 0. The summed E-state index contributed by atoms with van der Waals surface area (Å²) >= 11 is 1.80. The Bertz CT molecular complexity index is 471. The Labute approximate surface area is 113 Å². The van der Waals surface area contributed by atoms with Crippen molar-refractivity contribution in [1.82, 2.24) is 10.3 Å². The quantitative estimate of drug-likeness (QED) is 0.803. The van der Waals surface area contributed by atoms with Gasteiger partial charge in [-0.05, 0) is 23.7 Å². The molecule has 0 atom stereocenters. The molecular weight excluding hydrogens is 240 g/mol. The number of thioether (sulfide) groups is 1. The number of nitrogens with one attached hydrogen (secondary N) is 1. The zero-order chi connectivity index (χ0) is 12.6. The van der Waals surface area contributed by atoms with E-state index in [-0.39, 0.29) is 0 Å². The van der Waals surface area contributed by atoms with E-state index in [0.717, 1.165) is 23.9 Å². The molecule has 0 aliphatic carbocycles. The van der Waals surface area contributed by atoms with Crippen LogP contribution in [0.25, 0.3) is 0 Å².